The van der Waals surface area contributed by atoms with Crippen molar-refractivity contribution in [2.75, 3.05) is 5.32 Å². The van der Waals surface area contributed by atoms with E-state index in [0.29, 0.717) is 17.0 Å². The Bertz CT molecular complexity index is 845. The molecule has 0 radical (unpaired) electrons. The van der Waals surface area contributed by atoms with Crippen molar-refractivity contribution in [3.05, 3.63) is 71.9 Å². The summed E-state index contributed by atoms with van der Waals surface area (Å²) in [6.45, 7) is 0. The Kier molecular flexibility index (Phi) is 3.71. The summed E-state index contributed by atoms with van der Waals surface area (Å²) in [5.41, 5.74) is 2.39. The van der Waals surface area contributed by atoms with Crippen molar-refractivity contribution in [2.24, 2.45) is 0 Å². The standard InChI is InChI=1S/C18H12N2O2/c1-2-13-7-6-10-15(11-13)19-18(21)16-12-17(22-20-16)14-8-4-3-5-9-14/h1,3-12H,(H,19,21). The molecule has 0 saturated carbocycles. The van der Waals surface area contributed by atoms with Crippen LogP contribution in [0.25, 0.3) is 11.3 Å². The Morgan fingerprint density at radius 3 is 2.68 bits per heavy atom. The van der Waals surface area contributed by atoms with Gasteiger partial charge in [-0.15, -0.1) is 6.42 Å². The van der Waals surface area contributed by atoms with E-state index in [4.69, 9.17) is 10.9 Å². The summed E-state index contributed by atoms with van der Waals surface area (Å²) < 4.78 is 5.21. The third-order valence-electron chi connectivity index (χ3n) is 3.09. The largest absolute Gasteiger partial charge is 0.355 e. The Morgan fingerprint density at radius 2 is 1.91 bits per heavy atom. The number of rotatable bonds is 3. The van der Waals surface area contributed by atoms with Crippen molar-refractivity contribution in [2.45, 2.75) is 0 Å². The maximum absolute atomic E-state index is 12.2. The highest BCUT2D eigenvalue weighted by molar-refractivity contribution is 6.03. The topological polar surface area (TPSA) is 55.1 Å². The van der Waals surface area contributed by atoms with Gasteiger partial charge in [0.15, 0.2) is 11.5 Å². The highest BCUT2D eigenvalue weighted by Gasteiger charge is 2.13. The van der Waals surface area contributed by atoms with Crippen molar-refractivity contribution in [1.29, 1.82) is 0 Å². The highest BCUT2D eigenvalue weighted by atomic mass is 16.5. The van der Waals surface area contributed by atoms with Crippen LogP contribution in [0.5, 0.6) is 0 Å². The molecule has 0 aliphatic rings. The normalized spacial score (nSPS) is 9.95. The van der Waals surface area contributed by atoms with Crippen molar-refractivity contribution in [1.82, 2.24) is 5.16 Å². The van der Waals surface area contributed by atoms with Gasteiger partial charge in [0.05, 0.1) is 0 Å². The molecule has 2 aromatic carbocycles. The SMILES string of the molecule is C#Cc1cccc(NC(=O)c2cc(-c3ccccc3)on2)c1. The monoisotopic (exact) mass is 288 g/mol. The molecule has 1 N–H and O–H groups in total. The van der Waals surface area contributed by atoms with Crippen LogP contribution in [0.15, 0.2) is 65.2 Å². The van der Waals surface area contributed by atoms with E-state index < -0.39 is 0 Å². The van der Waals surface area contributed by atoms with Crippen LogP contribution < -0.4 is 5.32 Å². The molecule has 1 heterocycles. The lowest BCUT2D eigenvalue weighted by atomic mass is 10.1. The molecule has 0 aliphatic carbocycles. The second-order valence-corrected chi connectivity index (χ2v) is 4.62. The smallest absolute Gasteiger partial charge is 0.277 e. The molecule has 0 bridgehead atoms. The minimum Gasteiger partial charge on any atom is -0.355 e. The van der Waals surface area contributed by atoms with Crippen molar-refractivity contribution < 1.29 is 9.32 Å². The van der Waals surface area contributed by atoms with Gasteiger partial charge in [0.1, 0.15) is 0 Å². The number of benzene rings is 2. The number of nitrogens with one attached hydrogen (secondary N) is 1. The van der Waals surface area contributed by atoms with E-state index in [-0.39, 0.29) is 11.6 Å². The van der Waals surface area contributed by atoms with Crippen molar-refractivity contribution in [3.8, 4) is 23.7 Å². The average Bonchev–Trinajstić information content (AvgIpc) is 3.06. The summed E-state index contributed by atoms with van der Waals surface area (Å²) >= 11 is 0. The molecular formula is C18H12N2O2. The second-order valence-electron chi connectivity index (χ2n) is 4.62. The van der Waals surface area contributed by atoms with Crippen LogP contribution in [0.2, 0.25) is 0 Å². The zero-order chi connectivity index (χ0) is 15.4. The number of carbonyl (C=O) groups excluding carboxylic acids is 1. The molecule has 0 unspecified atom stereocenters. The first-order valence-corrected chi connectivity index (χ1v) is 6.66. The lowest BCUT2D eigenvalue weighted by Gasteiger charge is -2.02. The van der Waals surface area contributed by atoms with Crippen LogP contribution in [0, 0.1) is 12.3 Å². The van der Waals surface area contributed by atoms with Gasteiger partial charge in [-0.05, 0) is 18.2 Å². The van der Waals surface area contributed by atoms with Gasteiger partial charge in [-0.3, -0.25) is 4.79 Å². The summed E-state index contributed by atoms with van der Waals surface area (Å²) in [6.07, 6.45) is 5.34. The van der Waals surface area contributed by atoms with Crippen LogP contribution in [-0.2, 0) is 0 Å². The fraction of sp³-hybridized carbons (Fsp3) is 0. The van der Waals surface area contributed by atoms with Gasteiger partial charge < -0.3 is 9.84 Å². The van der Waals surface area contributed by atoms with E-state index in [2.05, 4.69) is 16.4 Å². The first kappa shape index (κ1) is 13.7. The first-order chi connectivity index (χ1) is 10.8. The molecule has 22 heavy (non-hydrogen) atoms. The van der Waals surface area contributed by atoms with E-state index in [1.54, 1.807) is 30.3 Å². The fourth-order valence-corrected chi connectivity index (χ4v) is 2.00. The van der Waals surface area contributed by atoms with Gasteiger partial charge in [-0.1, -0.05) is 47.5 Å². The Hall–Kier alpha value is -3.32. The number of nitrogens with zero attached hydrogens (tertiary/aromatic N) is 1. The summed E-state index contributed by atoms with van der Waals surface area (Å²) in [6, 6.07) is 18.1. The summed E-state index contributed by atoms with van der Waals surface area (Å²) in [5.74, 6) is 2.72. The molecule has 1 aromatic heterocycles. The Morgan fingerprint density at radius 1 is 1.09 bits per heavy atom. The van der Waals surface area contributed by atoms with E-state index in [1.165, 1.54) is 0 Å². The van der Waals surface area contributed by atoms with Gasteiger partial charge in [0.2, 0.25) is 0 Å². The predicted octanol–water partition coefficient (Wildman–Crippen LogP) is 3.58. The van der Waals surface area contributed by atoms with Crippen LogP contribution in [-0.4, -0.2) is 11.1 Å². The first-order valence-electron chi connectivity index (χ1n) is 6.66. The van der Waals surface area contributed by atoms with E-state index in [0.717, 1.165) is 5.56 Å². The molecule has 0 aliphatic heterocycles. The number of amides is 1. The number of aromatic nitrogens is 1. The summed E-state index contributed by atoms with van der Waals surface area (Å²) in [5, 5.41) is 6.54. The van der Waals surface area contributed by atoms with Gasteiger partial charge in [-0.2, -0.15) is 0 Å². The number of hydrogen-bond acceptors (Lipinski definition) is 3. The second kappa shape index (κ2) is 5.98. The summed E-state index contributed by atoms with van der Waals surface area (Å²) in [4.78, 5) is 12.2. The number of carbonyl (C=O) groups is 1. The highest BCUT2D eigenvalue weighted by Crippen LogP contribution is 2.20. The minimum atomic E-state index is -0.347. The maximum atomic E-state index is 12.2. The lowest BCUT2D eigenvalue weighted by Crippen LogP contribution is -2.12. The average molecular weight is 288 g/mol. The molecule has 4 nitrogen and oxygen atoms in total. The van der Waals surface area contributed by atoms with E-state index in [9.17, 15) is 4.79 Å². The third kappa shape index (κ3) is 2.89. The van der Waals surface area contributed by atoms with Gasteiger partial charge in [0.25, 0.3) is 5.91 Å². The molecule has 4 heteroatoms. The molecular weight excluding hydrogens is 276 g/mol. The molecule has 106 valence electrons. The van der Waals surface area contributed by atoms with Gasteiger partial charge in [0, 0.05) is 22.9 Å². The third-order valence-corrected chi connectivity index (χ3v) is 3.09. The van der Waals surface area contributed by atoms with Crippen LogP contribution >= 0.6 is 0 Å². The molecule has 3 aromatic rings. The molecule has 3 rings (SSSR count). The number of terminal acetylenes is 1. The van der Waals surface area contributed by atoms with E-state index >= 15 is 0 Å². The van der Waals surface area contributed by atoms with Crippen LogP contribution in [0.1, 0.15) is 16.1 Å². The summed E-state index contributed by atoms with van der Waals surface area (Å²) in [7, 11) is 0. The van der Waals surface area contributed by atoms with Crippen molar-refractivity contribution in [3.63, 3.8) is 0 Å². The Labute approximate surface area is 127 Å². The van der Waals surface area contributed by atoms with Gasteiger partial charge in [-0.25, -0.2) is 0 Å². The zero-order valence-electron chi connectivity index (χ0n) is 11.6. The molecule has 0 saturated heterocycles. The predicted molar refractivity (Wildman–Crippen MR) is 84.3 cm³/mol. The minimum absolute atomic E-state index is 0.213. The lowest BCUT2D eigenvalue weighted by molar-refractivity contribution is 0.101. The van der Waals surface area contributed by atoms with Gasteiger partial charge >= 0.3 is 0 Å². The number of hydrogen-bond donors (Lipinski definition) is 1. The maximum Gasteiger partial charge on any atom is 0.277 e. The molecule has 0 spiro atoms. The van der Waals surface area contributed by atoms with Crippen LogP contribution in [0.3, 0.4) is 0 Å². The zero-order valence-corrected chi connectivity index (χ0v) is 11.6. The number of anilines is 1. The molecule has 0 atom stereocenters. The molecule has 0 fully saturated rings. The quantitative estimate of drug-likeness (QED) is 0.749. The Balaban J connectivity index is 1.79. The molecule has 1 amide bonds. The van der Waals surface area contributed by atoms with Crippen molar-refractivity contribution >= 4 is 11.6 Å². The fourth-order valence-electron chi connectivity index (χ4n) is 2.00. The van der Waals surface area contributed by atoms with E-state index in [1.807, 2.05) is 30.3 Å². The van der Waals surface area contributed by atoms with Crippen LogP contribution in [0.4, 0.5) is 5.69 Å².